The molecular weight excluding hydrogens is 232 g/mol. The van der Waals surface area contributed by atoms with E-state index in [9.17, 15) is 18.4 Å². The van der Waals surface area contributed by atoms with Crippen molar-refractivity contribution in [1.82, 2.24) is 0 Å². The third-order valence-electron chi connectivity index (χ3n) is 2.08. The van der Waals surface area contributed by atoms with Gasteiger partial charge in [-0.25, -0.2) is 4.21 Å². The Morgan fingerprint density at radius 3 is 2.38 bits per heavy atom. The maximum atomic E-state index is 11.7. The predicted octanol–water partition coefficient (Wildman–Crippen LogP) is 0.760. The summed E-state index contributed by atoms with van der Waals surface area (Å²) in [6, 6.07) is 6.15. The molecule has 0 saturated heterocycles. The summed E-state index contributed by atoms with van der Waals surface area (Å²) in [7, 11) is 0. The van der Waals surface area contributed by atoms with E-state index in [1.54, 1.807) is 12.1 Å². The molecule has 1 aliphatic rings. The molecule has 1 aromatic carbocycles. The minimum Gasteiger partial charge on any atom is -0.740 e. The molecule has 0 fully saturated rings. The molecule has 6 heteroatoms. The first-order chi connectivity index (χ1) is 7.59. The fourth-order valence-corrected chi connectivity index (χ4v) is 1.70. The molecule has 0 spiro atoms. The number of hydrogen-bond acceptors (Lipinski definition) is 5. The Bertz CT molecular complexity index is 532. The van der Waals surface area contributed by atoms with Crippen LogP contribution < -0.4 is 0 Å². The van der Waals surface area contributed by atoms with E-state index in [2.05, 4.69) is 4.18 Å². The summed E-state index contributed by atoms with van der Waals surface area (Å²) in [6.45, 7) is 0. The summed E-state index contributed by atoms with van der Waals surface area (Å²) in [5, 5.41) is 0. The highest BCUT2D eigenvalue weighted by molar-refractivity contribution is 7.74. The van der Waals surface area contributed by atoms with Crippen LogP contribution in [0.1, 0.15) is 20.7 Å². The molecule has 0 aromatic heterocycles. The van der Waals surface area contributed by atoms with Crippen LogP contribution in [0.25, 0.3) is 0 Å². The van der Waals surface area contributed by atoms with Gasteiger partial charge in [-0.05, 0) is 0 Å². The number of carbonyl (C=O) groups is 2. The number of fused-ring (bicyclic) bond motifs is 1. The van der Waals surface area contributed by atoms with Crippen molar-refractivity contribution in [2.24, 2.45) is 0 Å². The number of ketones is 2. The number of rotatable bonds is 2. The minimum absolute atomic E-state index is 0.149. The van der Waals surface area contributed by atoms with Crippen molar-refractivity contribution in [2.45, 2.75) is 0 Å². The van der Waals surface area contributed by atoms with Crippen molar-refractivity contribution in [3.63, 3.8) is 0 Å². The zero-order valence-corrected chi connectivity index (χ0v) is 8.65. The second-order valence-electron chi connectivity index (χ2n) is 3.04. The van der Waals surface area contributed by atoms with Crippen LogP contribution in [0.2, 0.25) is 0 Å². The first-order valence-electron chi connectivity index (χ1n) is 4.27. The Kier molecular flexibility index (Phi) is 2.67. The average molecular weight is 237 g/mol. The fourth-order valence-electron chi connectivity index (χ4n) is 1.43. The number of allylic oxidation sites excluding steroid dienone is 2. The third-order valence-corrected chi connectivity index (χ3v) is 2.40. The van der Waals surface area contributed by atoms with Gasteiger partial charge in [-0.3, -0.25) is 9.59 Å². The lowest BCUT2D eigenvalue weighted by Gasteiger charge is -2.15. The highest BCUT2D eigenvalue weighted by atomic mass is 32.2. The van der Waals surface area contributed by atoms with E-state index in [0.717, 1.165) is 6.08 Å². The molecule has 0 amide bonds. The van der Waals surface area contributed by atoms with Crippen molar-refractivity contribution in [2.75, 3.05) is 0 Å². The van der Waals surface area contributed by atoms with Crippen molar-refractivity contribution < 1.29 is 22.5 Å². The van der Waals surface area contributed by atoms with Gasteiger partial charge in [-0.2, -0.15) is 0 Å². The number of carbonyl (C=O) groups excluding carboxylic acids is 2. The largest absolute Gasteiger partial charge is 0.740 e. The summed E-state index contributed by atoms with van der Waals surface area (Å²) in [5.41, 5.74) is 0.395. The van der Waals surface area contributed by atoms with Gasteiger partial charge in [0.05, 0.1) is 0 Å². The SMILES string of the molecule is O=C1C=C(OS(=O)[O-])C(=O)c2ccccc21. The summed E-state index contributed by atoms with van der Waals surface area (Å²) in [5.74, 6) is -1.54. The third kappa shape index (κ3) is 1.80. The van der Waals surface area contributed by atoms with Crippen LogP contribution in [-0.2, 0) is 15.5 Å². The van der Waals surface area contributed by atoms with Gasteiger partial charge in [0.1, 0.15) is 11.4 Å². The monoisotopic (exact) mass is 237 g/mol. The summed E-state index contributed by atoms with van der Waals surface area (Å²) in [6.07, 6.45) is 0.875. The van der Waals surface area contributed by atoms with Crippen LogP contribution in [0, 0.1) is 0 Å². The molecule has 1 aliphatic carbocycles. The van der Waals surface area contributed by atoms with E-state index in [1.807, 2.05) is 0 Å². The summed E-state index contributed by atoms with van der Waals surface area (Å²) >= 11 is -2.87. The molecule has 0 bridgehead atoms. The maximum Gasteiger partial charge on any atom is 0.230 e. The van der Waals surface area contributed by atoms with Gasteiger partial charge in [0.15, 0.2) is 11.5 Å². The Labute approximate surface area is 93.2 Å². The highest BCUT2D eigenvalue weighted by Crippen LogP contribution is 2.21. The van der Waals surface area contributed by atoms with Gasteiger partial charge in [-0.15, -0.1) is 0 Å². The average Bonchev–Trinajstić information content (AvgIpc) is 2.25. The van der Waals surface area contributed by atoms with Crippen LogP contribution in [0.5, 0.6) is 0 Å². The molecule has 0 saturated carbocycles. The highest BCUT2D eigenvalue weighted by Gasteiger charge is 2.26. The number of Topliss-reactive ketones (excluding diaryl/α,β-unsaturated/α-hetero) is 1. The van der Waals surface area contributed by atoms with Crippen molar-refractivity contribution in [1.29, 1.82) is 0 Å². The molecule has 0 radical (unpaired) electrons. The van der Waals surface area contributed by atoms with E-state index in [4.69, 9.17) is 0 Å². The Hall–Kier alpha value is -1.79. The van der Waals surface area contributed by atoms with E-state index in [0.29, 0.717) is 0 Å². The molecule has 82 valence electrons. The molecule has 1 unspecified atom stereocenters. The van der Waals surface area contributed by atoms with Gasteiger partial charge in [-0.1, -0.05) is 24.3 Å². The van der Waals surface area contributed by atoms with Gasteiger partial charge < -0.3 is 8.74 Å². The second-order valence-corrected chi connectivity index (χ2v) is 3.61. The quantitative estimate of drug-likeness (QED) is 0.709. The minimum atomic E-state index is -2.87. The van der Waals surface area contributed by atoms with Crippen LogP contribution in [0.4, 0.5) is 0 Å². The van der Waals surface area contributed by atoms with Crippen molar-refractivity contribution in [3.8, 4) is 0 Å². The zero-order chi connectivity index (χ0) is 11.7. The van der Waals surface area contributed by atoms with E-state index < -0.39 is 28.7 Å². The van der Waals surface area contributed by atoms with Gasteiger partial charge >= 0.3 is 0 Å². The molecule has 5 nitrogen and oxygen atoms in total. The smallest absolute Gasteiger partial charge is 0.230 e. The van der Waals surface area contributed by atoms with Crippen LogP contribution >= 0.6 is 0 Å². The number of benzene rings is 1. The van der Waals surface area contributed by atoms with Crippen molar-refractivity contribution >= 4 is 22.9 Å². The Morgan fingerprint density at radius 2 is 1.75 bits per heavy atom. The molecule has 1 atom stereocenters. The first kappa shape index (κ1) is 10.7. The van der Waals surface area contributed by atoms with E-state index in [-0.39, 0.29) is 11.1 Å². The lowest BCUT2D eigenvalue weighted by atomic mass is 9.94. The summed E-state index contributed by atoms with van der Waals surface area (Å²) in [4.78, 5) is 23.2. The molecule has 1 aromatic rings. The zero-order valence-electron chi connectivity index (χ0n) is 7.84. The lowest BCUT2D eigenvalue weighted by molar-refractivity contribution is 0.0947. The molecule has 0 aliphatic heterocycles. The van der Waals surface area contributed by atoms with E-state index in [1.165, 1.54) is 12.1 Å². The van der Waals surface area contributed by atoms with Crippen LogP contribution in [-0.4, -0.2) is 20.3 Å². The molecule has 0 N–H and O–H groups in total. The number of hydrogen-bond donors (Lipinski definition) is 0. The molecule has 0 heterocycles. The second kappa shape index (κ2) is 3.99. The van der Waals surface area contributed by atoms with Gasteiger partial charge in [0, 0.05) is 17.2 Å². The standard InChI is InChI=1S/C10H6O5S/c11-8-5-9(15-16(13)14)10(12)7-4-2-1-3-6(7)8/h1-5H,(H,13,14)/p-1. The molecule has 2 rings (SSSR count). The van der Waals surface area contributed by atoms with Crippen LogP contribution in [0.15, 0.2) is 36.1 Å². The molecular formula is C10H5O5S-. The lowest BCUT2D eigenvalue weighted by Crippen LogP contribution is -2.19. The van der Waals surface area contributed by atoms with Crippen LogP contribution in [0.3, 0.4) is 0 Å². The summed E-state index contributed by atoms with van der Waals surface area (Å²) < 4.78 is 24.8. The fraction of sp³-hybridized carbons (Fsp3) is 0. The van der Waals surface area contributed by atoms with Crippen molar-refractivity contribution in [3.05, 3.63) is 47.2 Å². The first-order valence-corrected chi connectivity index (χ1v) is 5.27. The van der Waals surface area contributed by atoms with Gasteiger partial charge in [0.25, 0.3) is 0 Å². The molecule has 16 heavy (non-hydrogen) atoms. The normalized spacial score (nSPS) is 16.4. The predicted molar refractivity (Wildman–Crippen MR) is 53.2 cm³/mol. The Morgan fingerprint density at radius 1 is 1.12 bits per heavy atom. The van der Waals surface area contributed by atoms with E-state index >= 15 is 0 Å². The topological polar surface area (TPSA) is 83.5 Å². The maximum absolute atomic E-state index is 11.7. The Balaban J connectivity index is 2.47. The van der Waals surface area contributed by atoms with Gasteiger partial charge in [0.2, 0.25) is 5.78 Å².